The Hall–Kier alpha value is -2.68. The molecule has 1 N–H and O–H groups in total. The first-order valence-corrected chi connectivity index (χ1v) is 12.9. The van der Waals surface area contributed by atoms with E-state index in [1.807, 2.05) is 31.2 Å². The summed E-state index contributed by atoms with van der Waals surface area (Å²) in [5.41, 5.74) is 1.87. The number of ether oxygens (including phenoxy) is 1. The van der Waals surface area contributed by atoms with Gasteiger partial charge in [-0.1, -0.05) is 54.2 Å². The molecule has 3 aromatic rings. The van der Waals surface area contributed by atoms with Gasteiger partial charge in [0.2, 0.25) is 5.91 Å². The second-order valence-corrected chi connectivity index (χ2v) is 9.42. The van der Waals surface area contributed by atoms with Crippen molar-refractivity contribution in [1.82, 2.24) is 19.8 Å². The fraction of sp³-hybridized carbons (Fsp3) is 0.423. The summed E-state index contributed by atoms with van der Waals surface area (Å²) in [7, 11) is 0. The minimum Gasteiger partial charge on any atom is -0.382 e. The average Bonchev–Trinajstić information content (AvgIpc) is 3.29. The number of carbonyl (C=O) groups excluding carboxylic acids is 1. The maximum absolute atomic E-state index is 13.1. The number of fused-ring (bicyclic) bond motifs is 1. The third kappa shape index (κ3) is 6.46. The summed E-state index contributed by atoms with van der Waals surface area (Å²) in [6, 6.07) is 17.9. The van der Waals surface area contributed by atoms with Crippen LogP contribution in [0.4, 0.5) is 0 Å². The van der Waals surface area contributed by atoms with Gasteiger partial charge in [-0.25, -0.2) is 4.98 Å². The van der Waals surface area contributed by atoms with Gasteiger partial charge in [0.25, 0.3) is 5.56 Å². The Morgan fingerprint density at radius 1 is 1.18 bits per heavy atom. The highest BCUT2D eigenvalue weighted by Gasteiger charge is 2.24. The molecule has 4 rings (SSSR count). The highest BCUT2D eigenvalue weighted by molar-refractivity contribution is 7.99. The van der Waals surface area contributed by atoms with Crippen molar-refractivity contribution in [2.24, 2.45) is 0 Å². The van der Waals surface area contributed by atoms with Gasteiger partial charge in [-0.05, 0) is 37.5 Å². The van der Waals surface area contributed by atoms with Gasteiger partial charge in [-0.2, -0.15) is 0 Å². The number of carbonyl (C=O) groups is 1. The van der Waals surface area contributed by atoms with Crippen LogP contribution in [0.25, 0.3) is 10.9 Å². The van der Waals surface area contributed by atoms with E-state index in [4.69, 9.17) is 9.72 Å². The van der Waals surface area contributed by atoms with E-state index in [2.05, 4.69) is 34.5 Å². The number of likely N-dealkylation sites (tertiary alicyclic amines) is 1. The second kappa shape index (κ2) is 12.1. The summed E-state index contributed by atoms with van der Waals surface area (Å²) >= 11 is 1.32. The Labute approximate surface area is 204 Å². The largest absolute Gasteiger partial charge is 0.382 e. The monoisotopic (exact) mass is 480 g/mol. The number of para-hydroxylation sites is 1. The molecule has 1 atom stereocenters. The molecule has 0 bridgehead atoms. The molecule has 34 heavy (non-hydrogen) atoms. The van der Waals surface area contributed by atoms with Crippen LogP contribution in [0.1, 0.15) is 25.3 Å². The van der Waals surface area contributed by atoms with Crippen LogP contribution in [0, 0.1) is 0 Å². The quantitative estimate of drug-likeness (QED) is 0.258. The SMILES string of the molecule is CCOCCCn1c(SCC(=O)NC2CCN(Cc3ccccc3)C2)nc2ccccc2c1=O. The zero-order valence-electron chi connectivity index (χ0n) is 19.6. The van der Waals surface area contributed by atoms with E-state index in [1.165, 1.54) is 17.3 Å². The normalized spacial score (nSPS) is 16.2. The summed E-state index contributed by atoms with van der Waals surface area (Å²) in [4.78, 5) is 32.9. The van der Waals surface area contributed by atoms with Crippen LogP contribution < -0.4 is 10.9 Å². The summed E-state index contributed by atoms with van der Waals surface area (Å²) in [5.74, 6) is 0.200. The lowest BCUT2D eigenvalue weighted by molar-refractivity contribution is -0.119. The molecule has 0 radical (unpaired) electrons. The van der Waals surface area contributed by atoms with E-state index in [9.17, 15) is 9.59 Å². The lowest BCUT2D eigenvalue weighted by atomic mass is 10.2. The average molecular weight is 481 g/mol. The predicted octanol–water partition coefficient (Wildman–Crippen LogP) is 3.31. The van der Waals surface area contributed by atoms with Crippen LogP contribution >= 0.6 is 11.8 Å². The number of amides is 1. The molecule has 0 aliphatic carbocycles. The minimum absolute atomic E-state index is 0.0279. The van der Waals surface area contributed by atoms with Crippen LogP contribution in [-0.2, 0) is 22.6 Å². The molecule has 1 fully saturated rings. The van der Waals surface area contributed by atoms with Crippen molar-refractivity contribution in [1.29, 1.82) is 0 Å². The van der Waals surface area contributed by atoms with Gasteiger partial charge < -0.3 is 10.1 Å². The number of hydrogen-bond acceptors (Lipinski definition) is 6. The second-order valence-electron chi connectivity index (χ2n) is 8.48. The van der Waals surface area contributed by atoms with Crippen molar-refractivity contribution >= 4 is 28.6 Å². The van der Waals surface area contributed by atoms with E-state index < -0.39 is 0 Å². The van der Waals surface area contributed by atoms with Crippen molar-refractivity contribution < 1.29 is 9.53 Å². The van der Waals surface area contributed by atoms with E-state index in [1.54, 1.807) is 10.6 Å². The van der Waals surface area contributed by atoms with Crippen LogP contribution in [0.3, 0.4) is 0 Å². The topological polar surface area (TPSA) is 76.5 Å². The van der Waals surface area contributed by atoms with Crippen LogP contribution in [0.15, 0.2) is 64.5 Å². The molecule has 0 spiro atoms. The van der Waals surface area contributed by atoms with Gasteiger partial charge >= 0.3 is 0 Å². The molecule has 1 unspecified atom stereocenters. The number of nitrogens with zero attached hydrogens (tertiary/aromatic N) is 3. The van der Waals surface area contributed by atoms with Crippen LogP contribution in [-0.4, -0.2) is 58.5 Å². The lowest BCUT2D eigenvalue weighted by Gasteiger charge is -2.17. The molecule has 2 heterocycles. The molecule has 1 amide bonds. The van der Waals surface area contributed by atoms with E-state index in [0.717, 1.165) is 26.1 Å². The molecule has 1 saturated heterocycles. The van der Waals surface area contributed by atoms with E-state index in [-0.39, 0.29) is 23.3 Å². The summed E-state index contributed by atoms with van der Waals surface area (Å²) in [5, 5.41) is 4.33. The van der Waals surface area contributed by atoms with Crippen molar-refractivity contribution in [2.75, 3.05) is 32.1 Å². The minimum atomic E-state index is -0.0719. The van der Waals surface area contributed by atoms with Gasteiger partial charge in [0, 0.05) is 45.4 Å². The molecule has 1 aliphatic rings. The Balaban J connectivity index is 1.35. The van der Waals surface area contributed by atoms with Crippen molar-refractivity contribution in [2.45, 2.75) is 44.1 Å². The fourth-order valence-corrected chi connectivity index (χ4v) is 5.10. The Morgan fingerprint density at radius 3 is 2.79 bits per heavy atom. The molecule has 8 heteroatoms. The van der Waals surface area contributed by atoms with Gasteiger partial charge in [-0.3, -0.25) is 19.1 Å². The van der Waals surface area contributed by atoms with Crippen LogP contribution in [0.2, 0.25) is 0 Å². The first-order valence-electron chi connectivity index (χ1n) is 11.9. The molecule has 1 aliphatic heterocycles. The predicted molar refractivity (Wildman–Crippen MR) is 136 cm³/mol. The lowest BCUT2D eigenvalue weighted by Crippen LogP contribution is -2.38. The van der Waals surface area contributed by atoms with Gasteiger partial charge in [0.15, 0.2) is 5.16 Å². The maximum Gasteiger partial charge on any atom is 0.262 e. The zero-order chi connectivity index (χ0) is 23.8. The number of aromatic nitrogens is 2. The summed E-state index contributed by atoms with van der Waals surface area (Å²) in [6.45, 7) is 6.42. The van der Waals surface area contributed by atoms with Crippen molar-refractivity contribution in [3.8, 4) is 0 Å². The van der Waals surface area contributed by atoms with Gasteiger partial charge in [0.1, 0.15) is 0 Å². The smallest absolute Gasteiger partial charge is 0.262 e. The van der Waals surface area contributed by atoms with E-state index in [0.29, 0.717) is 42.2 Å². The third-order valence-corrected chi connectivity index (χ3v) is 6.90. The molecule has 0 saturated carbocycles. The zero-order valence-corrected chi connectivity index (χ0v) is 20.4. The molecule has 2 aromatic carbocycles. The molecular weight excluding hydrogens is 448 g/mol. The first-order chi connectivity index (χ1) is 16.6. The Morgan fingerprint density at radius 2 is 1.97 bits per heavy atom. The number of thioether (sulfide) groups is 1. The van der Waals surface area contributed by atoms with Crippen LogP contribution in [0.5, 0.6) is 0 Å². The van der Waals surface area contributed by atoms with Gasteiger partial charge in [0.05, 0.1) is 16.7 Å². The standard InChI is InChI=1S/C26H32N4O3S/c1-2-33-16-8-14-30-25(32)22-11-6-7-12-23(22)28-26(30)34-19-24(31)27-21-13-15-29(18-21)17-20-9-4-3-5-10-20/h3-7,9-12,21H,2,8,13-19H2,1H3,(H,27,31). The number of rotatable bonds is 11. The number of hydrogen-bond donors (Lipinski definition) is 1. The summed E-state index contributed by atoms with van der Waals surface area (Å²) in [6.07, 6.45) is 1.66. The highest BCUT2D eigenvalue weighted by atomic mass is 32.2. The molecule has 7 nitrogen and oxygen atoms in total. The van der Waals surface area contributed by atoms with E-state index >= 15 is 0 Å². The number of benzene rings is 2. The van der Waals surface area contributed by atoms with Crippen molar-refractivity contribution in [3.63, 3.8) is 0 Å². The fourth-order valence-electron chi connectivity index (χ4n) is 4.26. The molecular formula is C26H32N4O3S. The number of nitrogens with one attached hydrogen (secondary N) is 1. The highest BCUT2D eigenvalue weighted by Crippen LogP contribution is 2.19. The van der Waals surface area contributed by atoms with Gasteiger partial charge in [-0.15, -0.1) is 0 Å². The first kappa shape index (κ1) is 24.4. The Kier molecular flexibility index (Phi) is 8.73. The Bertz CT molecular complexity index is 1150. The van der Waals surface area contributed by atoms with Crippen molar-refractivity contribution in [3.05, 3.63) is 70.5 Å². The molecule has 180 valence electrons. The molecule has 1 aromatic heterocycles. The summed E-state index contributed by atoms with van der Waals surface area (Å²) < 4.78 is 7.11. The third-order valence-electron chi connectivity index (χ3n) is 5.92. The maximum atomic E-state index is 13.1.